The third-order valence-corrected chi connectivity index (χ3v) is 6.04. The van der Waals surface area contributed by atoms with E-state index in [1.807, 2.05) is 22.5 Å². The maximum absolute atomic E-state index is 11.3. The third kappa shape index (κ3) is 3.07. The number of ether oxygens (including phenoxy) is 2. The lowest BCUT2D eigenvalue weighted by molar-refractivity contribution is -0.385. The molecule has 0 aliphatic carbocycles. The Labute approximate surface area is 176 Å². The molecule has 1 aromatic heterocycles. The molecule has 5 rings (SSSR count). The zero-order chi connectivity index (χ0) is 20.8. The number of nitrogens with zero attached hydrogens (tertiary/aromatic N) is 4. The number of benzene rings is 2. The predicted molar refractivity (Wildman–Crippen MR) is 114 cm³/mol. The lowest BCUT2D eigenvalue weighted by atomic mass is 9.93. The van der Waals surface area contributed by atoms with Gasteiger partial charge in [0.2, 0.25) is 11.9 Å². The molecule has 0 amide bonds. The molecule has 30 heavy (non-hydrogen) atoms. The molecule has 8 nitrogen and oxygen atoms in total. The molecule has 0 unspecified atom stereocenters. The summed E-state index contributed by atoms with van der Waals surface area (Å²) in [6.45, 7) is 4.03. The molecule has 0 spiro atoms. The number of hydrazone groups is 1. The molecule has 0 bridgehead atoms. The van der Waals surface area contributed by atoms with E-state index in [2.05, 4.69) is 11.9 Å². The maximum atomic E-state index is 11.3. The zero-order valence-corrected chi connectivity index (χ0v) is 17.2. The third-order valence-electron chi connectivity index (χ3n) is 5.28. The van der Waals surface area contributed by atoms with Crippen LogP contribution in [0.2, 0.25) is 0 Å². The number of thiazole rings is 1. The first-order valence-corrected chi connectivity index (χ1v) is 10.3. The summed E-state index contributed by atoms with van der Waals surface area (Å²) in [6, 6.07) is 9.10. The molecule has 0 saturated heterocycles. The molecule has 3 aromatic rings. The molecule has 0 fully saturated rings. The van der Waals surface area contributed by atoms with Gasteiger partial charge in [-0.3, -0.25) is 10.1 Å². The first-order chi connectivity index (χ1) is 14.5. The lowest BCUT2D eigenvalue weighted by Gasteiger charge is -2.22. The summed E-state index contributed by atoms with van der Waals surface area (Å²) < 4.78 is 11.2. The van der Waals surface area contributed by atoms with E-state index in [1.54, 1.807) is 25.3 Å². The van der Waals surface area contributed by atoms with Crippen LogP contribution in [0.15, 0.2) is 47.0 Å². The van der Waals surface area contributed by atoms with Gasteiger partial charge in [-0.25, -0.2) is 9.99 Å². The second-order valence-electron chi connectivity index (χ2n) is 7.28. The van der Waals surface area contributed by atoms with Gasteiger partial charge in [-0.2, -0.15) is 5.10 Å². The molecule has 152 valence electrons. The summed E-state index contributed by atoms with van der Waals surface area (Å²) >= 11 is 1.52. The fraction of sp³-hybridized carbons (Fsp3) is 0.238. The average molecular weight is 422 g/mol. The highest BCUT2D eigenvalue weighted by Crippen LogP contribution is 2.38. The van der Waals surface area contributed by atoms with Gasteiger partial charge in [0.05, 0.1) is 16.7 Å². The van der Waals surface area contributed by atoms with Gasteiger partial charge in [0.25, 0.3) is 5.69 Å². The average Bonchev–Trinajstić information content (AvgIpc) is 3.37. The highest BCUT2D eigenvalue weighted by atomic mass is 32.1. The van der Waals surface area contributed by atoms with Crippen molar-refractivity contribution < 1.29 is 14.4 Å². The van der Waals surface area contributed by atoms with Gasteiger partial charge in [-0.15, -0.1) is 11.3 Å². The predicted octanol–water partition coefficient (Wildman–Crippen LogP) is 4.29. The highest BCUT2D eigenvalue weighted by molar-refractivity contribution is 7.13. The minimum absolute atomic E-state index is 0.0620. The van der Waals surface area contributed by atoms with E-state index >= 15 is 0 Å². The van der Waals surface area contributed by atoms with Crippen molar-refractivity contribution in [3.05, 3.63) is 74.3 Å². The molecule has 2 aliphatic rings. The number of aryl methyl sites for hydroxylation is 1. The number of anilines is 1. The van der Waals surface area contributed by atoms with E-state index in [9.17, 15) is 10.1 Å². The van der Waals surface area contributed by atoms with E-state index < -0.39 is 0 Å². The van der Waals surface area contributed by atoms with Gasteiger partial charge in [0.1, 0.15) is 0 Å². The summed E-state index contributed by atoms with van der Waals surface area (Å²) in [4.78, 5) is 15.3. The van der Waals surface area contributed by atoms with E-state index in [4.69, 9.17) is 14.6 Å². The van der Waals surface area contributed by atoms with E-state index in [1.165, 1.54) is 17.4 Å². The van der Waals surface area contributed by atoms with Crippen LogP contribution in [-0.2, 0) is 6.42 Å². The molecule has 1 atom stereocenters. The Bertz CT molecular complexity index is 1180. The summed E-state index contributed by atoms with van der Waals surface area (Å²) in [7, 11) is 0. The summed E-state index contributed by atoms with van der Waals surface area (Å²) in [5, 5.41) is 20.9. The van der Waals surface area contributed by atoms with Crippen LogP contribution < -0.4 is 14.5 Å². The SMILES string of the molecule is Cc1cc(C2=NN(c3nccs3)[C@H](C)Cc3cc4c(cc32)OCO4)ccc1[N+](=O)[O-]. The number of nitro benzene ring substituents is 1. The van der Waals surface area contributed by atoms with Crippen molar-refractivity contribution in [3.8, 4) is 11.5 Å². The Balaban J connectivity index is 1.71. The molecule has 0 N–H and O–H groups in total. The standard InChI is InChI=1S/C21H18N4O4S/c1-12-7-14(3-4-17(12)25(26)27)20-16-10-19-18(28-11-29-19)9-15(16)8-13(2)24(23-20)21-22-5-6-30-21/h3-7,9-10,13H,8,11H2,1-2H3/t13-/m1/s1. The number of fused-ring (bicyclic) bond motifs is 2. The molecule has 0 saturated carbocycles. The van der Waals surface area contributed by atoms with Crippen LogP contribution in [0.4, 0.5) is 10.8 Å². The Morgan fingerprint density at radius 2 is 2.03 bits per heavy atom. The molecule has 9 heteroatoms. The van der Waals surface area contributed by atoms with Crippen molar-refractivity contribution in [2.75, 3.05) is 11.8 Å². The minimum Gasteiger partial charge on any atom is -0.454 e. The molecule has 0 radical (unpaired) electrons. The van der Waals surface area contributed by atoms with Gasteiger partial charge < -0.3 is 9.47 Å². The lowest BCUT2D eigenvalue weighted by Crippen LogP contribution is -2.29. The van der Waals surface area contributed by atoms with E-state index in [0.717, 1.165) is 39.7 Å². The van der Waals surface area contributed by atoms with Crippen LogP contribution in [-0.4, -0.2) is 28.5 Å². The molecular weight excluding hydrogens is 404 g/mol. The van der Waals surface area contributed by atoms with Gasteiger partial charge in [-0.1, -0.05) is 0 Å². The Morgan fingerprint density at radius 3 is 2.73 bits per heavy atom. The van der Waals surface area contributed by atoms with Gasteiger partial charge in [-0.05, 0) is 50.1 Å². The van der Waals surface area contributed by atoms with Crippen LogP contribution in [0.25, 0.3) is 0 Å². The van der Waals surface area contributed by atoms with E-state index in [0.29, 0.717) is 11.3 Å². The summed E-state index contributed by atoms with van der Waals surface area (Å²) in [5.74, 6) is 1.40. The summed E-state index contributed by atoms with van der Waals surface area (Å²) in [5.41, 5.74) is 4.21. The first-order valence-electron chi connectivity index (χ1n) is 9.47. The largest absolute Gasteiger partial charge is 0.454 e. The summed E-state index contributed by atoms with van der Waals surface area (Å²) in [6.07, 6.45) is 2.50. The van der Waals surface area contributed by atoms with Crippen LogP contribution in [0.5, 0.6) is 11.5 Å². The van der Waals surface area contributed by atoms with Gasteiger partial charge >= 0.3 is 0 Å². The van der Waals surface area contributed by atoms with Crippen LogP contribution >= 0.6 is 11.3 Å². The second kappa shape index (κ2) is 7.10. The Kier molecular flexibility index (Phi) is 4.39. The smallest absolute Gasteiger partial charge is 0.272 e. The number of nitro groups is 1. The number of hydrogen-bond donors (Lipinski definition) is 0. The normalized spacial score (nSPS) is 17.3. The minimum atomic E-state index is -0.371. The monoisotopic (exact) mass is 422 g/mol. The topological polar surface area (TPSA) is 90.1 Å². The zero-order valence-electron chi connectivity index (χ0n) is 16.4. The fourth-order valence-electron chi connectivity index (χ4n) is 3.82. The molecule has 2 aromatic carbocycles. The van der Waals surface area contributed by atoms with Crippen molar-refractivity contribution in [3.63, 3.8) is 0 Å². The Morgan fingerprint density at radius 1 is 1.23 bits per heavy atom. The van der Waals surface area contributed by atoms with E-state index in [-0.39, 0.29) is 23.4 Å². The fourth-order valence-corrected chi connectivity index (χ4v) is 4.51. The van der Waals surface area contributed by atoms with Crippen molar-refractivity contribution in [2.24, 2.45) is 5.10 Å². The van der Waals surface area contributed by atoms with Gasteiger partial charge in [0.15, 0.2) is 11.5 Å². The molecule has 3 heterocycles. The maximum Gasteiger partial charge on any atom is 0.272 e. The van der Waals surface area contributed by atoms with Crippen LogP contribution in [0, 0.1) is 17.0 Å². The Hall–Kier alpha value is -3.46. The van der Waals surface area contributed by atoms with Gasteiger partial charge in [0, 0.05) is 34.3 Å². The van der Waals surface area contributed by atoms with Crippen molar-refractivity contribution >= 4 is 27.9 Å². The second-order valence-corrected chi connectivity index (χ2v) is 8.16. The number of aromatic nitrogens is 1. The number of hydrogen-bond acceptors (Lipinski definition) is 8. The van der Waals surface area contributed by atoms with Crippen molar-refractivity contribution in [2.45, 2.75) is 26.3 Å². The molecular formula is C21H18N4O4S. The number of rotatable bonds is 3. The molecule has 2 aliphatic heterocycles. The quantitative estimate of drug-likeness (QED) is 0.462. The highest BCUT2D eigenvalue weighted by Gasteiger charge is 2.29. The van der Waals surface area contributed by atoms with Crippen LogP contribution in [0.1, 0.15) is 29.2 Å². The van der Waals surface area contributed by atoms with Crippen LogP contribution in [0.3, 0.4) is 0 Å². The first kappa shape index (κ1) is 18.6. The van der Waals surface area contributed by atoms with Crippen molar-refractivity contribution in [1.29, 1.82) is 0 Å². The van der Waals surface area contributed by atoms with Crippen molar-refractivity contribution in [1.82, 2.24) is 4.98 Å².